The lowest BCUT2D eigenvalue weighted by Crippen LogP contribution is -2.57. The molecule has 21 nitrogen and oxygen atoms in total. The molecule has 23 heteroatoms. The molecule has 0 unspecified atom stereocenters. The van der Waals surface area contributed by atoms with Crippen LogP contribution in [-0.4, -0.2) is 121 Å². The Morgan fingerprint density at radius 2 is 0.960 bits per heavy atom. The first kappa shape index (κ1) is 74.2. The van der Waals surface area contributed by atoms with Gasteiger partial charge in [-0.2, -0.15) is 11.4 Å². The van der Waals surface area contributed by atoms with Crippen LogP contribution in [0, 0.1) is 11.8 Å². The maximum absolute atomic E-state index is 14.4. The maximum Gasteiger partial charge on any atom is 0.330 e. The van der Waals surface area contributed by atoms with Crippen LogP contribution in [-0.2, 0) is 41.9 Å². The zero-order chi connectivity index (χ0) is 68.6. The standard InChI is InChI=1S/C38H41N5O5S.C32H36N4O5S.C6H7NO.2CH4/c44-34-32-22-29(47-37-40-30-19-12-13-21-33(30)49-37)25-43(32)35(45)31(39-24-26-14-6-4-7-15-26)20-11-3-1-2-8-16-27-23-38(27,41-34)36(46)42-48-28-17-9-5-10-18-28;37-28-26-17-23(41-31-34-24-14-9-10-16-27(24)42-31)20-36(26)29(38)25(33-19-21-11-5-4-6-12-21)15-8-3-1-2-7-13-22-18-32(22,35-28)30(39)40;7-8-6-4-2-1-3-5-6;;/h4-10,12-19,21,27,29,31-32,39H,1-3,11,20,22-25H2,(H,41,44)(H,42,46);4-7,9-14,16,22-23,25-26,33H,1-3,8,15,17-20H2,(H,35,37)(H,39,40);1-5H,7H2;2*1H4/b16-8-;13-7-;;;/t27-,29-,31+,32+,38-;22-,23-,25+,26+,32-;;;/m11.../s1. The van der Waals surface area contributed by atoms with Gasteiger partial charge in [0, 0.05) is 37.8 Å². The van der Waals surface area contributed by atoms with Gasteiger partial charge in [-0.05, 0) is 111 Å². The van der Waals surface area contributed by atoms with Gasteiger partial charge in [0.15, 0.2) is 5.75 Å². The number of nitrogens with two attached hydrogens (primary N) is 1. The molecule has 6 aromatic carbocycles. The first-order valence-electron chi connectivity index (χ1n) is 34.2. The van der Waals surface area contributed by atoms with Crippen molar-refractivity contribution in [2.75, 3.05) is 13.1 Å². The number of allylic oxidation sites excluding steroid dienone is 2. The molecule has 4 aliphatic heterocycles. The Morgan fingerprint density at radius 1 is 0.545 bits per heavy atom. The molecule has 532 valence electrons. The van der Waals surface area contributed by atoms with Gasteiger partial charge >= 0.3 is 5.97 Å². The molecule has 2 saturated heterocycles. The third kappa shape index (κ3) is 18.9. The maximum atomic E-state index is 14.4. The van der Waals surface area contributed by atoms with Gasteiger partial charge in [0.2, 0.25) is 23.6 Å². The summed E-state index contributed by atoms with van der Waals surface area (Å²) in [6, 6.07) is 51.0. The summed E-state index contributed by atoms with van der Waals surface area (Å²) in [5.74, 6) is 2.96. The smallest absolute Gasteiger partial charge is 0.330 e. The van der Waals surface area contributed by atoms with Crippen molar-refractivity contribution >= 4 is 78.6 Å². The van der Waals surface area contributed by atoms with E-state index in [0.29, 0.717) is 60.7 Å². The molecule has 10 atom stereocenters. The van der Waals surface area contributed by atoms with Gasteiger partial charge in [-0.25, -0.2) is 14.8 Å². The number of nitrogens with one attached hydrogen (secondary N) is 5. The summed E-state index contributed by atoms with van der Waals surface area (Å²) in [6.07, 6.45) is 17.1. The Hall–Kier alpha value is -9.52. The SMILES string of the molecule is C.C.NOc1ccccc1.O=C1N[C@]2(C(=O)NOc3ccccc3)C[C@H]2/C=C\CCCCC[C@H](NCc2ccccc2)C(=O)N2C[C@H](Oc3nc4ccccc4s3)C[C@@H]12.O=C1N[C@]2(C(=O)O)C[C@H]2/C=C\CCCCC[C@H](NCc2ccccc2)C(=O)N2C[C@H](Oc3nc4ccccc4s3)C[C@@H]12. The Balaban J connectivity index is 0.000000194. The van der Waals surface area contributed by atoms with Crippen molar-refractivity contribution in [2.24, 2.45) is 17.7 Å². The van der Waals surface area contributed by atoms with Crippen molar-refractivity contribution in [3.8, 4) is 21.9 Å². The first-order chi connectivity index (χ1) is 48.3. The molecular formula is C78H92N10O11S2. The molecule has 0 spiro atoms. The quantitative estimate of drug-likeness (QED) is 0.0371. The Labute approximate surface area is 598 Å². The van der Waals surface area contributed by atoms with Crippen LogP contribution in [0.4, 0.5) is 0 Å². The van der Waals surface area contributed by atoms with Crippen LogP contribution in [0.15, 0.2) is 194 Å². The van der Waals surface area contributed by atoms with Crippen molar-refractivity contribution in [1.82, 2.24) is 46.5 Å². The van der Waals surface area contributed by atoms with E-state index >= 15 is 0 Å². The van der Waals surface area contributed by atoms with E-state index in [9.17, 15) is 33.9 Å². The number of para-hydroxylation sites is 4. The predicted octanol–water partition coefficient (Wildman–Crippen LogP) is 11.8. The number of fused-ring (bicyclic) bond motifs is 6. The lowest BCUT2D eigenvalue weighted by molar-refractivity contribution is -0.145. The summed E-state index contributed by atoms with van der Waals surface area (Å²) >= 11 is 2.87. The molecule has 4 fully saturated rings. The van der Waals surface area contributed by atoms with Gasteiger partial charge in [0.25, 0.3) is 16.3 Å². The van der Waals surface area contributed by atoms with Gasteiger partial charge in [0.05, 0.1) is 45.6 Å². The van der Waals surface area contributed by atoms with Gasteiger partial charge in [-0.15, -0.1) is 0 Å². The van der Waals surface area contributed by atoms with Crippen LogP contribution in [0.25, 0.3) is 20.4 Å². The number of benzene rings is 6. The van der Waals surface area contributed by atoms with E-state index in [2.05, 4.69) is 47.6 Å². The van der Waals surface area contributed by atoms with Crippen LogP contribution in [0.5, 0.6) is 21.9 Å². The number of aromatic nitrogens is 2. The van der Waals surface area contributed by atoms with E-state index < -0.39 is 65.2 Å². The van der Waals surface area contributed by atoms with Gasteiger partial charge < -0.3 is 55.3 Å². The van der Waals surface area contributed by atoms with Crippen LogP contribution < -0.4 is 51.8 Å². The lowest BCUT2D eigenvalue weighted by atomic mass is 10.0. The highest BCUT2D eigenvalue weighted by atomic mass is 32.1. The van der Waals surface area contributed by atoms with Crippen molar-refractivity contribution in [2.45, 2.75) is 165 Å². The number of ether oxygens (including phenoxy) is 2. The molecule has 0 bridgehead atoms. The third-order valence-electron chi connectivity index (χ3n) is 19.0. The highest BCUT2D eigenvalue weighted by molar-refractivity contribution is 7.20. The monoisotopic (exact) mass is 1410 g/mol. The van der Waals surface area contributed by atoms with Crippen molar-refractivity contribution < 1.29 is 53.0 Å². The zero-order valence-electron chi connectivity index (χ0n) is 55.0. The number of carbonyl (C=O) groups excluding carboxylic acids is 5. The number of hydroxylamine groups is 1. The van der Waals surface area contributed by atoms with E-state index in [4.69, 9.17) is 20.2 Å². The number of amides is 5. The Morgan fingerprint density at radius 3 is 1.41 bits per heavy atom. The van der Waals surface area contributed by atoms with E-state index in [-0.39, 0.29) is 70.3 Å². The average molecular weight is 1410 g/mol. The molecule has 2 aromatic heterocycles. The highest BCUT2D eigenvalue weighted by Crippen LogP contribution is 2.47. The van der Waals surface area contributed by atoms with Crippen LogP contribution in [0.2, 0.25) is 0 Å². The average Bonchev–Trinajstić information content (AvgIpc) is 1.59. The molecular weight excluding hydrogens is 1320 g/mol. The van der Waals surface area contributed by atoms with Gasteiger partial charge in [-0.1, -0.05) is 209 Å². The summed E-state index contributed by atoms with van der Waals surface area (Å²) in [5.41, 5.74) is 3.87. The molecule has 14 rings (SSSR count). The normalized spacial score (nSPS) is 25.6. The summed E-state index contributed by atoms with van der Waals surface area (Å²) in [7, 11) is 0. The summed E-state index contributed by atoms with van der Waals surface area (Å²) < 4.78 is 14.6. The molecule has 0 radical (unpaired) electrons. The number of carboxylic acid groups (broad SMARTS) is 1. The predicted molar refractivity (Wildman–Crippen MR) is 392 cm³/mol. The largest absolute Gasteiger partial charge is 0.479 e. The van der Waals surface area contributed by atoms with E-state index in [0.717, 1.165) is 82.9 Å². The van der Waals surface area contributed by atoms with Crippen molar-refractivity contribution in [3.05, 3.63) is 205 Å². The number of nitrogens with zero attached hydrogens (tertiary/aromatic N) is 4. The molecule has 6 heterocycles. The molecule has 8 N–H and O–H groups in total. The number of carboxylic acids is 1. The molecule has 8 aromatic rings. The summed E-state index contributed by atoms with van der Waals surface area (Å²) in [5, 5.41) is 23.9. The number of hydrogen-bond donors (Lipinski definition) is 7. The van der Waals surface area contributed by atoms with Crippen LogP contribution >= 0.6 is 22.7 Å². The molecule has 101 heavy (non-hydrogen) atoms. The molecule has 2 saturated carbocycles. The summed E-state index contributed by atoms with van der Waals surface area (Å²) in [4.78, 5) is 105. The molecule has 6 aliphatic rings. The number of aliphatic carboxylic acids is 1. The first-order valence-corrected chi connectivity index (χ1v) is 35.8. The second-order valence-corrected chi connectivity index (χ2v) is 27.9. The minimum Gasteiger partial charge on any atom is -0.479 e. The second-order valence-electron chi connectivity index (χ2n) is 26.0. The van der Waals surface area contributed by atoms with E-state index in [1.807, 2.05) is 164 Å². The van der Waals surface area contributed by atoms with E-state index in [1.54, 1.807) is 34.1 Å². The van der Waals surface area contributed by atoms with Crippen LogP contribution in [0.1, 0.15) is 116 Å². The zero-order valence-corrected chi connectivity index (χ0v) is 56.7. The van der Waals surface area contributed by atoms with Crippen molar-refractivity contribution in [1.29, 1.82) is 0 Å². The third-order valence-corrected chi connectivity index (χ3v) is 20.9. The highest BCUT2D eigenvalue weighted by Gasteiger charge is 2.63. The van der Waals surface area contributed by atoms with E-state index in [1.165, 1.54) is 22.7 Å². The topological polar surface area (TPSA) is 278 Å². The number of rotatable bonds is 15. The lowest BCUT2D eigenvalue weighted by Gasteiger charge is -2.30. The van der Waals surface area contributed by atoms with Crippen molar-refractivity contribution in [3.63, 3.8) is 0 Å². The van der Waals surface area contributed by atoms with Crippen LogP contribution in [0.3, 0.4) is 0 Å². The molecule has 5 amide bonds. The number of thiazole rings is 2. The Bertz CT molecular complexity index is 4040. The number of hydrogen-bond acceptors (Lipinski definition) is 17. The minimum atomic E-state index is -1.33. The van der Waals surface area contributed by atoms with Gasteiger partial charge in [-0.3, -0.25) is 24.0 Å². The second kappa shape index (κ2) is 35.2. The molecule has 2 aliphatic carbocycles. The summed E-state index contributed by atoms with van der Waals surface area (Å²) in [6.45, 7) is 1.51. The Kier molecular flexibility index (Phi) is 25.8. The minimum absolute atomic E-state index is 0. The fourth-order valence-corrected chi connectivity index (χ4v) is 15.1. The van der Waals surface area contributed by atoms with Gasteiger partial charge in [0.1, 0.15) is 41.1 Å². The number of carbonyl (C=O) groups is 6. The fraction of sp³-hybridized carbons (Fsp3) is 0.385. The fourth-order valence-electron chi connectivity index (χ4n) is 13.4.